The molecular formula is C16H19NO4. The number of benzene rings is 1. The topological polar surface area (TPSA) is 52.9 Å². The lowest BCUT2D eigenvalue weighted by Gasteiger charge is -2.04. The molecule has 1 aromatic carbocycles. The first kappa shape index (κ1) is 13.8. The zero-order valence-corrected chi connectivity index (χ0v) is 12.1. The van der Waals surface area contributed by atoms with Crippen LogP contribution in [0.4, 0.5) is 0 Å². The van der Waals surface area contributed by atoms with Gasteiger partial charge in [0.15, 0.2) is 11.5 Å². The van der Waals surface area contributed by atoms with E-state index >= 15 is 0 Å². The Labute approximate surface area is 123 Å². The number of nitrogens with one attached hydrogen (secondary N) is 1. The maximum atomic E-state index is 5.71. The normalized spacial score (nSPS) is 12.6. The fraction of sp³-hybridized carbons (Fsp3) is 0.375. The Morgan fingerprint density at radius 1 is 1.19 bits per heavy atom. The fourth-order valence-corrected chi connectivity index (χ4v) is 2.13. The lowest BCUT2D eigenvalue weighted by Crippen LogP contribution is -2.13. The third-order valence-corrected chi connectivity index (χ3v) is 3.19. The summed E-state index contributed by atoms with van der Waals surface area (Å²) in [7, 11) is 0. The van der Waals surface area contributed by atoms with Crippen LogP contribution in [0.1, 0.15) is 24.7 Å². The monoisotopic (exact) mass is 289 g/mol. The minimum Gasteiger partial charge on any atom is -0.486 e. The molecule has 3 rings (SSSR count). The van der Waals surface area contributed by atoms with Crippen molar-refractivity contribution in [2.24, 2.45) is 0 Å². The molecule has 0 spiro atoms. The summed E-state index contributed by atoms with van der Waals surface area (Å²) in [6.45, 7) is 4.64. The molecule has 0 saturated carbocycles. The van der Waals surface area contributed by atoms with Crippen LogP contribution in [0, 0.1) is 0 Å². The predicted octanol–water partition coefficient (Wildman–Crippen LogP) is 3.09. The summed E-state index contributed by atoms with van der Waals surface area (Å²) in [5.41, 5.74) is 1.13. The van der Waals surface area contributed by atoms with E-state index in [9.17, 15) is 0 Å². The maximum Gasteiger partial charge on any atom is 0.231 e. The molecule has 0 bridgehead atoms. The van der Waals surface area contributed by atoms with Crippen LogP contribution < -0.4 is 19.5 Å². The minimum absolute atomic E-state index is 0.269. The van der Waals surface area contributed by atoms with Crippen LogP contribution in [-0.4, -0.2) is 13.3 Å². The second-order valence-electron chi connectivity index (χ2n) is 4.90. The number of furan rings is 1. The average molecular weight is 289 g/mol. The molecule has 0 saturated heterocycles. The minimum atomic E-state index is 0.269. The first-order valence-corrected chi connectivity index (χ1v) is 7.14. The van der Waals surface area contributed by atoms with E-state index in [4.69, 9.17) is 18.6 Å². The highest BCUT2D eigenvalue weighted by atomic mass is 16.7. The largest absolute Gasteiger partial charge is 0.486 e. The van der Waals surface area contributed by atoms with E-state index in [0.29, 0.717) is 6.61 Å². The fourth-order valence-electron chi connectivity index (χ4n) is 2.13. The summed E-state index contributed by atoms with van der Waals surface area (Å²) in [5, 5.41) is 3.34. The smallest absolute Gasteiger partial charge is 0.231 e. The molecule has 1 aliphatic rings. The van der Waals surface area contributed by atoms with E-state index in [1.807, 2.05) is 24.3 Å². The quantitative estimate of drug-likeness (QED) is 0.794. The first-order valence-electron chi connectivity index (χ1n) is 7.14. The van der Waals surface area contributed by atoms with Gasteiger partial charge in [-0.05, 0) is 31.2 Å². The number of hydrogen-bond donors (Lipinski definition) is 1. The van der Waals surface area contributed by atoms with Crippen LogP contribution in [0.2, 0.25) is 0 Å². The summed E-state index contributed by atoms with van der Waals surface area (Å²) < 4.78 is 21.8. The van der Waals surface area contributed by atoms with E-state index < -0.39 is 0 Å². The van der Waals surface area contributed by atoms with Crippen molar-refractivity contribution in [1.29, 1.82) is 0 Å². The number of ether oxygens (including phenoxy) is 3. The zero-order chi connectivity index (χ0) is 14.5. The molecule has 0 amide bonds. The molecule has 2 aromatic rings. The van der Waals surface area contributed by atoms with Gasteiger partial charge in [0.05, 0.1) is 6.26 Å². The third-order valence-electron chi connectivity index (χ3n) is 3.19. The van der Waals surface area contributed by atoms with Gasteiger partial charge in [-0.25, -0.2) is 0 Å². The number of fused-ring (bicyclic) bond motifs is 1. The molecular weight excluding hydrogens is 270 g/mol. The number of rotatable bonds is 7. The molecule has 0 aliphatic carbocycles. The van der Waals surface area contributed by atoms with Crippen molar-refractivity contribution in [3.8, 4) is 17.2 Å². The van der Waals surface area contributed by atoms with E-state index in [-0.39, 0.29) is 6.79 Å². The van der Waals surface area contributed by atoms with Crippen LogP contribution in [0.5, 0.6) is 17.2 Å². The van der Waals surface area contributed by atoms with Gasteiger partial charge in [-0.1, -0.05) is 6.92 Å². The standard InChI is InChI=1S/C16H19NO4/c1-2-5-17-8-12-6-14(18-9-12)10-19-13-3-4-15-16(7-13)21-11-20-15/h3-4,6-7,9,17H,2,5,8,10-11H2,1H3. The zero-order valence-electron chi connectivity index (χ0n) is 12.1. The first-order chi connectivity index (χ1) is 10.3. The van der Waals surface area contributed by atoms with Crippen LogP contribution in [0.3, 0.4) is 0 Å². The molecule has 0 radical (unpaired) electrons. The third kappa shape index (κ3) is 3.49. The number of hydrogen-bond acceptors (Lipinski definition) is 5. The Morgan fingerprint density at radius 2 is 2.10 bits per heavy atom. The van der Waals surface area contributed by atoms with Crippen molar-refractivity contribution in [2.75, 3.05) is 13.3 Å². The van der Waals surface area contributed by atoms with Gasteiger partial charge in [0.25, 0.3) is 0 Å². The average Bonchev–Trinajstić information content (AvgIpc) is 3.13. The van der Waals surface area contributed by atoms with Gasteiger partial charge in [-0.2, -0.15) is 0 Å². The highest BCUT2D eigenvalue weighted by Gasteiger charge is 2.14. The van der Waals surface area contributed by atoms with Crippen molar-refractivity contribution < 1.29 is 18.6 Å². The SMILES string of the molecule is CCCNCc1coc(COc2ccc3c(c2)OCO3)c1. The lowest BCUT2D eigenvalue weighted by molar-refractivity contribution is 0.173. The van der Waals surface area contributed by atoms with E-state index in [1.165, 1.54) is 0 Å². The summed E-state index contributed by atoms with van der Waals surface area (Å²) in [6, 6.07) is 7.55. The lowest BCUT2D eigenvalue weighted by atomic mass is 10.3. The molecule has 2 heterocycles. The molecule has 1 aromatic heterocycles. The summed E-state index contributed by atoms with van der Waals surface area (Å²) in [6.07, 6.45) is 2.89. The van der Waals surface area contributed by atoms with Crippen molar-refractivity contribution >= 4 is 0 Å². The van der Waals surface area contributed by atoms with Crippen LogP contribution in [0.15, 0.2) is 34.9 Å². The highest BCUT2D eigenvalue weighted by Crippen LogP contribution is 2.35. The van der Waals surface area contributed by atoms with E-state index in [0.717, 1.165) is 48.1 Å². The van der Waals surface area contributed by atoms with Gasteiger partial charge in [0.2, 0.25) is 6.79 Å². The second-order valence-corrected chi connectivity index (χ2v) is 4.90. The van der Waals surface area contributed by atoms with Crippen LogP contribution in [-0.2, 0) is 13.2 Å². The van der Waals surface area contributed by atoms with E-state index in [2.05, 4.69) is 12.2 Å². The molecule has 0 unspecified atom stereocenters. The molecule has 21 heavy (non-hydrogen) atoms. The molecule has 0 fully saturated rings. The summed E-state index contributed by atoms with van der Waals surface area (Å²) in [4.78, 5) is 0. The second kappa shape index (κ2) is 6.54. The van der Waals surface area contributed by atoms with Crippen molar-refractivity contribution in [1.82, 2.24) is 5.32 Å². The van der Waals surface area contributed by atoms with Crippen molar-refractivity contribution in [3.63, 3.8) is 0 Å². The van der Waals surface area contributed by atoms with Gasteiger partial charge >= 0.3 is 0 Å². The highest BCUT2D eigenvalue weighted by molar-refractivity contribution is 5.46. The summed E-state index contributed by atoms with van der Waals surface area (Å²) >= 11 is 0. The van der Waals surface area contributed by atoms with Crippen LogP contribution in [0.25, 0.3) is 0 Å². The maximum absolute atomic E-state index is 5.71. The Kier molecular flexibility index (Phi) is 4.31. The molecule has 0 atom stereocenters. The molecule has 5 heteroatoms. The predicted molar refractivity (Wildman–Crippen MR) is 77.6 cm³/mol. The van der Waals surface area contributed by atoms with Gasteiger partial charge in [0, 0.05) is 18.2 Å². The van der Waals surface area contributed by atoms with Gasteiger partial charge in [-0.3, -0.25) is 0 Å². The Balaban J connectivity index is 1.53. The Bertz CT molecular complexity index is 594. The molecule has 1 N–H and O–H groups in total. The molecule has 112 valence electrons. The van der Waals surface area contributed by atoms with Crippen LogP contribution >= 0.6 is 0 Å². The van der Waals surface area contributed by atoms with Gasteiger partial charge in [0.1, 0.15) is 18.1 Å². The molecule has 1 aliphatic heterocycles. The molecule has 5 nitrogen and oxygen atoms in total. The van der Waals surface area contributed by atoms with Crippen molar-refractivity contribution in [3.05, 3.63) is 41.9 Å². The van der Waals surface area contributed by atoms with Gasteiger partial charge in [-0.15, -0.1) is 0 Å². The van der Waals surface area contributed by atoms with Crippen molar-refractivity contribution in [2.45, 2.75) is 26.5 Å². The summed E-state index contributed by atoms with van der Waals surface area (Å²) in [5.74, 6) is 3.02. The van der Waals surface area contributed by atoms with Gasteiger partial charge < -0.3 is 23.9 Å². The Morgan fingerprint density at radius 3 is 3.00 bits per heavy atom. The van der Waals surface area contributed by atoms with E-state index in [1.54, 1.807) is 6.26 Å². The Hall–Kier alpha value is -2.14.